The summed E-state index contributed by atoms with van der Waals surface area (Å²) in [4.78, 5) is 24.9. The van der Waals surface area contributed by atoms with E-state index in [-0.39, 0.29) is 23.2 Å². The van der Waals surface area contributed by atoms with Crippen molar-refractivity contribution in [3.05, 3.63) is 20.7 Å². The number of aromatic amines is 1. The van der Waals surface area contributed by atoms with E-state index in [9.17, 15) is 9.59 Å². The van der Waals surface area contributed by atoms with Crippen LogP contribution in [-0.2, 0) is 11.3 Å². The minimum absolute atomic E-state index is 0.121. The second-order valence-corrected chi connectivity index (χ2v) is 4.22. The number of carbonyl (C=O) groups is 1. The van der Waals surface area contributed by atoms with E-state index in [1.54, 1.807) is 12.3 Å². The number of hydrogen-bond acceptors (Lipinski definition) is 5. The lowest BCUT2D eigenvalue weighted by molar-refractivity contribution is -0.123. The van der Waals surface area contributed by atoms with Crippen molar-refractivity contribution >= 4 is 23.1 Å². The first kappa shape index (κ1) is 13.2. The predicted molar refractivity (Wildman–Crippen MR) is 64.0 cm³/mol. The highest BCUT2D eigenvalue weighted by Crippen LogP contribution is 2.03. The fourth-order valence-corrected chi connectivity index (χ4v) is 1.89. The molecule has 0 aliphatic rings. The van der Waals surface area contributed by atoms with Crippen molar-refractivity contribution < 1.29 is 10.0 Å². The van der Waals surface area contributed by atoms with Crippen molar-refractivity contribution in [3.8, 4) is 0 Å². The molecule has 1 unspecified atom stereocenters. The number of hydrogen-bond donors (Lipinski definition) is 4. The van der Waals surface area contributed by atoms with Crippen molar-refractivity contribution in [2.75, 3.05) is 0 Å². The standard InChI is InChI=1S/C9H14N4O3S/c1-2-6(7(10)13-16)8(14)11-3-5-4-17-9(15)12-5/h4,6,16H,2-3H2,1H3,(H2,10,13)(H,11,14)(H,12,15). The summed E-state index contributed by atoms with van der Waals surface area (Å²) < 4.78 is 0. The molecule has 1 amide bonds. The molecule has 1 aromatic heterocycles. The number of oxime groups is 1. The predicted octanol–water partition coefficient (Wildman–Crippen LogP) is -0.175. The van der Waals surface area contributed by atoms with Crippen molar-refractivity contribution in [1.82, 2.24) is 10.3 Å². The first-order valence-electron chi connectivity index (χ1n) is 5.00. The van der Waals surface area contributed by atoms with Crippen LogP contribution in [0.15, 0.2) is 15.3 Å². The van der Waals surface area contributed by atoms with Crippen LogP contribution in [0, 0.1) is 5.92 Å². The third-order valence-electron chi connectivity index (χ3n) is 2.22. The average molecular weight is 258 g/mol. The fraction of sp³-hybridized carbons (Fsp3) is 0.444. The Hall–Kier alpha value is -1.83. The topological polar surface area (TPSA) is 121 Å². The van der Waals surface area contributed by atoms with Gasteiger partial charge in [-0.05, 0) is 6.42 Å². The maximum Gasteiger partial charge on any atom is 0.304 e. The summed E-state index contributed by atoms with van der Waals surface area (Å²) in [6.45, 7) is 1.97. The Morgan fingerprint density at radius 3 is 2.94 bits per heavy atom. The van der Waals surface area contributed by atoms with Gasteiger partial charge in [-0.3, -0.25) is 9.59 Å². The van der Waals surface area contributed by atoms with Gasteiger partial charge in [0.15, 0.2) is 5.84 Å². The lowest BCUT2D eigenvalue weighted by Gasteiger charge is -2.12. The van der Waals surface area contributed by atoms with Crippen LogP contribution < -0.4 is 15.9 Å². The van der Waals surface area contributed by atoms with E-state index in [2.05, 4.69) is 15.5 Å². The Morgan fingerprint density at radius 2 is 2.47 bits per heavy atom. The maximum atomic E-state index is 11.7. The van der Waals surface area contributed by atoms with Gasteiger partial charge >= 0.3 is 4.87 Å². The van der Waals surface area contributed by atoms with Crippen molar-refractivity contribution in [2.24, 2.45) is 16.8 Å². The molecule has 1 heterocycles. The van der Waals surface area contributed by atoms with Crippen LogP contribution in [0.3, 0.4) is 0 Å². The maximum absolute atomic E-state index is 11.7. The van der Waals surface area contributed by atoms with E-state index < -0.39 is 5.92 Å². The van der Waals surface area contributed by atoms with Gasteiger partial charge in [-0.2, -0.15) is 0 Å². The summed E-state index contributed by atoms with van der Waals surface area (Å²) in [5.41, 5.74) is 6.01. The highest BCUT2D eigenvalue weighted by Gasteiger charge is 2.20. The van der Waals surface area contributed by atoms with Crippen LogP contribution in [-0.4, -0.2) is 21.9 Å². The molecule has 94 valence electrons. The number of nitrogens with two attached hydrogens (primary N) is 1. The van der Waals surface area contributed by atoms with Gasteiger partial charge in [0.05, 0.1) is 12.5 Å². The third kappa shape index (κ3) is 3.59. The zero-order valence-corrected chi connectivity index (χ0v) is 10.1. The number of nitrogens with zero attached hydrogens (tertiary/aromatic N) is 1. The quantitative estimate of drug-likeness (QED) is 0.253. The molecule has 1 atom stereocenters. The van der Waals surface area contributed by atoms with Crippen molar-refractivity contribution in [3.63, 3.8) is 0 Å². The minimum atomic E-state index is -0.662. The monoisotopic (exact) mass is 258 g/mol. The van der Waals surface area contributed by atoms with Crippen LogP contribution in [0.25, 0.3) is 0 Å². The molecule has 0 saturated carbocycles. The Balaban J connectivity index is 2.56. The molecule has 8 heteroatoms. The number of rotatable bonds is 5. The third-order valence-corrected chi connectivity index (χ3v) is 2.94. The molecule has 0 aromatic carbocycles. The zero-order chi connectivity index (χ0) is 12.8. The SMILES string of the molecule is CCC(C(=O)NCc1csc(=O)[nH]1)C(N)=NO. The molecule has 1 aromatic rings. The summed E-state index contributed by atoms with van der Waals surface area (Å²) in [7, 11) is 0. The van der Waals surface area contributed by atoms with Crippen LogP contribution in [0.4, 0.5) is 0 Å². The second kappa shape index (κ2) is 6.04. The number of amides is 1. The molecule has 0 aliphatic carbocycles. The summed E-state index contributed by atoms with van der Waals surface area (Å²) in [5.74, 6) is -1.12. The van der Waals surface area contributed by atoms with E-state index in [0.29, 0.717) is 12.1 Å². The largest absolute Gasteiger partial charge is 0.409 e. The first-order valence-corrected chi connectivity index (χ1v) is 5.88. The Morgan fingerprint density at radius 1 is 1.76 bits per heavy atom. The minimum Gasteiger partial charge on any atom is -0.409 e. The van der Waals surface area contributed by atoms with Crippen LogP contribution >= 0.6 is 11.3 Å². The van der Waals surface area contributed by atoms with Crippen LogP contribution in [0.2, 0.25) is 0 Å². The van der Waals surface area contributed by atoms with Gasteiger partial charge in [0.25, 0.3) is 0 Å². The highest BCUT2D eigenvalue weighted by molar-refractivity contribution is 7.07. The van der Waals surface area contributed by atoms with Gasteiger partial charge in [-0.15, -0.1) is 0 Å². The molecule has 7 nitrogen and oxygen atoms in total. The molecule has 0 spiro atoms. The van der Waals surface area contributed by atoms with E-state index in [1.165, 1.54) is 0 Å². The molecule has 0 bridgehead atoms. The van der Waals surface area contributed by atoms with Crippen LogP contribution in [0.5, 0.6) is 0 Å². The summed E-state index contributed by atoms with van der Waals surface area (Å²) in [6.07, 6.45) is 0.432. The second-order valence-electron chi connectivity index (χ2n) is 3.38. The summed E-state index contributed by atoms with van der Waals surface area (Å²) >= 11 is 1.03. The highest BCUT2D eigenvalue weighted by atomic mass is 32.1. The number of nitrogens with one attached hydrogen (secondary N) is 2. The zero-order valence-electron chi connectivity index (χ0n) is 9.27. The van der Waals surface area contributed by atoms with Crippen LogP contribution in [0.1, 0.15) is 19.0 Å². The number of H-pyrrole nitrogens is 1. The van der Waals surface area contributed by atoms with Gasteiger partial charge in [0, 0.05) is 11.1 Å². The number of aromatic nitrogens is 1. The first-order chi connectivity index (χ1) is 8.08. The molecule has 5 N–H and O–H groups in total. The van der Waals surface area contributed by atoms with E-state index in [0.717, 1.165) is 11.3 Å². The lowest BCUT2D eigenvalue weighted by Crippen LogP contribution is -2.38. The normalized spacial score (nSPS) is 13.4. The summed E-state index contributed by atoms with van der Waals surface area (Å²) in [5, 5.41) is 15.6. The molecule has 1 rings (SSSR count). The number of carbonyl (C=O) groups excluding carboxylic acids is 1. The molecular formula is C9H14N4O3S. The van der Waals surface area contributed by atoms with Gasteiger partial charge in [-0.1, -0.05) is 23.4 Å². The number of thiazole rings is 1. The molecule has 0 saturated heterocycles. The molecule has 0 fully saturated rings. The van der Waals surface area contributed by atoms with E-state index in [1.807, 2.05) is 0 Å². The smallest absolute Gasteiger partial charge is 0.304 e. The average Bonchev–Trinajstić information content (AvgIpc) is 2.73. The van der Waals surface area contributed by atoms with Crippen molar-refractivity contribution in [2.45, 2.75) is 19.9 Å². The van der Waals surface area contributed by atoms with Gasteiger partial charge in [0.1, 0.15) is 0 Å². The summed E-state index contributed by atoms with van der Waals surface area (Å²) in [6, 6.07) is 0. The van der Waals surface area contributed by atoms with Gasteiger partial charge in [0.2, 0.25) is 5.91 Å². The van der Waals surface area contributed by atoms with Crippen molar-refractivity contribution in [1.29, 1.82) is 0 Å². The van der Waals surface area contributed by atoms with Gasteiger partial charge < -0.3 is 21.2 Å². The lowest BCUT2D eigenvalue weighted by atomic mass is 10.0. The van der Waals surface area contributed by atoms with Gasteiger partial charge in [-0.25, -0.2) is 0 Å². The van der Waals surface area contributed by atoms with E-state index >= 15 is 0 Å². The Labute approximate surface area is 101 Å². The molecule has 0 aliphatic heterocycles. The fourth-order valence-electron chi connectivity index (χ4n) is 1.30. The Kier molecular flexibility index (Phi) is 4.70. The van der Waals surface area contributed by atoms with E-state index in [4.69, 9.17) is 10.9 Å². The Bertz CT molecular complexity index is 465. The number of amidine groups is 1. The molecular weight excluding hydrogens is 244 g/mol. The molecule has 17 heavy (non-hydrogen) atoms. The molecule has 0 radical (unpaired) electrons.